The van der Waals surface area contributed by atoms with Crippen molar-refractivity contribution in [2.75, 3.05) is 19.1 Å². The van der Waals surface area contributed by atoms with E-state index in [2.05, 4.69) is 65.2 Å². The van der Waals surface area contributed by atoms with Gasteiger partial charge >= 0.3 is 0 Å². The van der Waals surface area contributed by atoms with E-state index >= 15 is 0 Å². The minimum Gasteiger partial charge on any atom is -0.187 e. The Labute approximate surface area is 144 Å². The van der Waals surface area contributed by atoms with Gasteiger partial charge in [0.25, 0.3) is 0 Å². The zero-order valence-electron chi connectivity index (χ0n) is 14.1. The average molecular weight is 340 g/mol. The summed E-state index contributed by atoms with van der Waals surface area (Å²) >= 11 is 3.33. The third kappa shape index (κ3) is 4.65. The summed E-state index contributed by atoms with van der Waals surface area (Å²) in [4.78, 5) is 3.14. The highest BCUT2D eigenvalue weighted by Gasteiger charge is 2.36. The first-order valence-corrected chi connectivity index (χ1v) is 10.5. The van der Waals surface area contributed by atoms with E-state index in [1.165, 1.54) is 18.4 Å². The smallest absolute Gasteiger partial charge is 0.0330 e. The first-order chi connectivity index (χ1) is 10.7. The van der Waals surface area contributed by atoms with Crippen molar-refractivity contribution in [1.29, 1.82) is 0 Å². The maximum Gasteiger partial charge on any atom is 0.0330 e. The van der Waals surface area contributed by atoms with Gasteiger partial charge < -0.3 is 0 Å². The molecule has 2 rings (SSSR count). The summed E-state index contributed by atoms with van der Waals surface area (Å²) in [7, 11) is 0. The Hall–Kier alpha value is -0.200. The molecule has 1 aromatic rings. The summed E-state index contributed by atoms with van der Waals surface area (Å²) in [6.07, 6.45) is 6.86. The van der Waals surface area contributed by atoms with Gasteiger partial charge in [-0.2, -0.15) is 14.8 Å². The largest absolute Gasteiger partial charge is 0.187 e. The molecule has 0 radical (unpaired) electrons. The summed E-state index contributed by atoms with van der Waals surface area (Å²) in [5.74, 6) is 2.98. The Morgan fingerprint density at radius 1 is 1.18 bits per heavy atom. The average Bonchev–Trinajstić information content (AvgIpc) is 2.88. The number of hydrogen-bond donors (Lipinski definition) is 2. The molecule has 1 fully saturated rings. The number of nitrogens with zero attached hydrogens (tertiary/aromatic N) is 1. The first kappa shape index (κ1) is 18.1. The Kier molecular flexibility index (Phi) is 7.57. The number of benzene rings is 1. The number of hydrogen-bond acceptors (Lipinski definition) is 5. The lowest BCUT2D eigenvalue weighted by molar-refractivity contribution is 0.241. The highest BCUT2D eigenvalue weighted by atomic mass is 32.2. The predicted octanol–water partition coefficient (Wildman–Crippen LogP) is 4.32. The SMILES string of the molecule is CSNNN(CC(c1ccccc1)C1CCC(C)C1C)SC. The van der Waals surface area contributed by atoms with E-state index in [9.17, 15) is 0 Å². The van der Waals surface area contributed by atoms with E-state index in [1.807, 2.05) is 6.26 Å². The second kappa shape index (κ2) is 9.18. The topological polar surface area (TPSA) is 27.3 Å². The summed E-state index contributed by atoms with van der Waals surface area (Å²) in [5, 5.41) is 0. The zero-order chi connectivity index (χ0) is 15.9. The second-order valence-corrected chi connectivity index (χ2v) is 7.67. The molecule has 5 heteroatoms. The molecular formula is C17H29N3S2. The molecular weight excluding hydrogens is 310 g/mol. The highest BCUT2D eigenvalue weighted by molar-refractivity contribution is 7.97. The van der Waals surface area contributed by atoms with Crippen molar-refractivity contribution in [2.45, 2.75) is 32.6 Å². The van der Waals surface area contributed by atoms with Crippen molar-refractivity contribution in [3.05, 3.63) is 35.9 Å². The van der Waals surface area contributed by atoms with Crippen molar-refractivity contribution in [3.63, 3.8) is 0 Å². The van der Waals surface area contributed by atoms with E-state index < -0.39 is 0 Å². The van der Waals surface area contributed by atoms with Crippen LogP contribution >= 0.6 is 23.9 Å². The molecule has 1 aliphatic carbocycles. The van der Waals surface area contributed by atoms with Gasteiger partial charge in [-0.05, 0) is 42.2 Å². The lowest BCUT2D eigenvalue weighted by Gasteiger charge is -2.32. The molecule has 2 N–H and O–H groups in total. The Bertz CT molecular complexity index is 429. The van der Waals surface area contributed by atoms with Crippen LogP contribution in [0.2, 0.25) is 0 Å². The first-order valence-electron chi connectivity index (χ1n) is 8.07. The normalized spacial score (nSPS) is 26.5. The van der Waals surface area contributed by atoms with Crippen LogP contribution in [0.5, 0.6) is 0 Å². The molecule has 1 aliphatic rings. The third-order valence-electron chi connectivity index (χ3n) is 5.13. The lowest BCUT2D eigenvalue weighted by atomic mass is 9.79. The van der Waals surface area contributed by atoms with Crippen LogP contribution < -0.4 is 10.4 Å². The Morgan fingerprint density at radius 2 is 1.91 bits per heavy atom. The van der Waals surface area contributed by atoms with Gasteiger partial charge in [-0.3, -0.25) is 0 Å². The standard InChI is InChI=1S/C17H29N3S2/c1-13-10-11-16(14(13)2)17(15-8-6-5-7-9-15)12-20(22-4)18-19-21-3/h5-9,13-14,16-19H,10-12H2,1-4H3. The van der Waals surface area contributed by atoms with Crippen LogP contribution in [-0.2, 0) is 0 Å². The lowest BCUT2D eigenvalue weighted by Crippen LogP contribution is -2.42. The van der Waals surface area contributed by atoms with Crippen LogP contribution in [0.25, 0.3) is 0 Å². The molecule has 124 valence electrons. The maximum absolute atomic E-state index is 3.28. The molecule has 1 saturated carbocycles. The van der Waals surface area contributed by atoms with Gasteiger partial charge in [0.2, 0.25) is 0 Å². The molecule has 0 bridgehead atoms. The second-order valence-electron chi connectivity index (χ2n) is 6.26. The van der Waals surface area contributed by atoms with Crippen molar-refractivity contribution in [2.24, 2.45) is 17.8 Å². The highest BCUT2D eigenvalue weighted by Crippen LogP contribution is 2.45. The van der Waals surface area contributed by atoms with Crippen LogP contribution in [0.1, 0.15) is 38.2 Å². The fourth-order valence-corrected chi connectivity index (χ4v) is 4.31. The Balaban J connectivity index is 2.15. The van der Waals surface area contributed by atoms with Gasteiger partial charge in [0.15, 0.2) is 0 Å². The molecule has 22 heavy (non-hydrogen) atoms. The van der Waals surface area contributed by atoms with E-state index in [0.29, 0.717) is 5.92 Å². The molecule has 3 nitrogen and oxygen atoms in total. The summed E-state index contributed by atoms with van der Waals surface area (Å²) < 4.78 is 2.21. The monoisotopic (exact) mass is 339 g/mol. The fraction of sp³-hybridized carbons (Fsp3) is 0.647. The van der Waals surface area contributed by atoms with E-state index in [1.54, 1.807) is 23.9 Å². The maximum atomic E-state index is 3.28. The zero-order valence-corrected chi connectivity index (χ0v) is 15.7. The molecule has 0 heterocycles. The number of nitrogens with one attached hydrogen (secondary N) is 2. The fourth-order valence-electron chi connectivity index (χ4n) is 3.60. The summed E-state index contributed by atoms with van der Waals surface area (Å²) in [6, 6.07) is 11.0. The van der Waals surface area contributed by atoms with Gasteiger partial charge in [0.1, 0.15) is 0 Å². The van der Waals surface area contributed by atoms with E-state index in [4.69, 9.17) is 0 Å². The molecule has 0 aromatic heterocycles. The van der Waals surface area contributed by atoms with Crippen LogP contribution in [0.15, 0.2) is 30.3 Å². The summed E-state index contributed by atoms with van der Waals surface area (Å²) in [5.41, 5.74) is 4.75. The quantitative estimate of drug-likeness (QED) is 0.543. The minimum atomic E-state index is 0.574. The molecule has 0 spiro atoms. The van der Waals surface area contributed by atoms with Gasteiger partial charge in [-0.1, -0.05) is 74.5 Å². The molecule has 0 aliphatic heterocycles. The van der Waals surface area contributed by atoms with Crippen LogP contribution in [-0.4, -0.2) is 23.5 Å². The minimum absolute atomic E-state index is 0.574. The van der Waals surface area contributed by atoms with Gasteiger partial charge in [-0.25, -0.2) is 0 Å². The molecule has 0 amide bonds. The van der Waals surface area contributed by atoms with Crippen molar-refractivity contribution in [3.8, 4) is 0 Å². The molecule has 4 atom stereocenters. The van der Waals surface area contributed by atoms with Gasteiger partial charge in [0.05, 0.1) is 0 Å². The number of hydrazine groups is 2. The molecule has 1 aromatic carbocycles. The van der Waals surface area contributed by atoms with Crippen LogP contribution in [0.3, 0.4) is 0 Å². The van der Waals surface area contributed by atoms with Crippen LogP contribution in [0, 0.1) is 17.8 Å². The van der Waals surface area contributed by atoms with Crippen molar-refractivity contribution in [1.82, 2.24) is 14.8 Å². The van der Waals surface area contributed by atoms with Gasteiger partial charge in [0, 0.05) is 12.5 Å². The Morgan fingerprint density at radius 3 is 2.45 bits per heavy atom. The van der Waals surface area contributed by atoms with Gasteiger partial charge in [-0.15, -0.1) is 0 Å². The van der Waals surface area contributed by atoms with E-state index in [0.717, 1.165) is 24.3 Å². The summed E-state index contributed by atoms with van der Waals surface area (Å²) in [6.45, 7) is 5.86. The predicted molar refractivity (Wildman–Crippen MR) is 100 cm³/mol. The van der Waals surface area contributed by atoms with E-state index in [-0.39, 0.29) is 0 Å². The molecule has 0 saturated heterocycles. The van der Waals surface area contributed by atoms with Crippen molar-refractivity contribution < 1.29 is 0 Å². The van der Waals surface area contributed by atoms with Crippen molar-refractivity contribution >= 4 is 23.9 Å². The molecule has 4 unspecified atom stereocenters. The van der Waals surface area contributed by atoms with Crippen LogP contribution in [0.4, 0.5) is 0 Å². The number of rotatable bonds is 8. The third-order valence-corrected chi connectivity index (χ3v) is 6.10.